The second-order valence-electron chi connectivity index (χ2n) is 14.6. The van der Waals surface area contributed by atoms with Gasteiger partial charge in [0.25, 0.3) is 0 Å². The molecule has 2 heterocycles. The van der Waals surface area contributed by atoms with Crippen molar-refractivity contribution in [2.24, 2.45) is 10.8 Å². The predicted octanol–water partition coefficient (Wildman–Crippen LogP) is 6.90. The molecule has 4 bridgehead atoms. The molecule has 272 valence electrons. The molecule has 6 rings (SSSR count). The minimum Gasteiger partial charge on any atom is -0.458 e. The Balaban J connectivity index is 1.57. The maximum Gasteiger partial charge on any atom is 0.352 e. The smallest absolute Gasteiger partial charge is 0.352 e. The van der Waals surface area contributed by atoms with E-state index in [1.54, 1.807) is 84.0 Å². The minimum atomic E-state index is -1.97. The molecule has 0 N–H and O–H groups in total. The number of hydrogen-bond acceptors (Lipinski definition) is 8. The summed E-state index contributed by atoms with van der Waals surface area (Å²) >= 11 is 0. The monoisotopic (exact) mass is 720 g/mol. The van der Waals surface area contributed by atoms with Gasteiger partial charge in [0, 0.05) is 33.4 Å². The summed E-state index contributed by atoms with van der Waals surface area (Å²) < 4.78 is 22.4. The van der Waals surface area contributed by atoms with Gasteiger partial charge < -0.3 is 18.9 Å². The second-order valence-corrected chi connectivity index (χ2v) is 14.6. The quantitative estimate of drug-likeness (QED) is 0.125. The van der Waals surface area contributed by atoms with Crippen molar-refractivity contribution >= 4 is 23.9 Å². The Morgan fingerprint density at radius 1 is 0.519 bits per heavy atom. The maximum atomic E-state index is 13.8. The highest BCUT2D eigenvalue weighted by atomic mass is 16.6. The van der Waals surface area contributed by atoms with Crippen LogP contribution in [0.2, 0.25) is 0 Å². The first-order chi connectivity index (χ1) is 25.7. The number of esters is 4. The summed E-state index contributed by atoms with van der Waals surface area (Å²) in [5.41, 5.74) is 3.34. The highest BCUT2D eigenvalue weighted by Crippen LogP contribution is 2.24. The molecular weight excluding hydrogens is 680 g/mol. The topological polar surface area (TPSA) is 105 Å². The van der Waals surface area contributed by atoms with Crippen molar-refractivity contribution in [2.75, 3.05) is 0 Å². The third-order valence-corrected chi connectivity index (χ3v) is 7.94. The van der Waals surface area contributed by atoms with E-state index < -0.39 is 46.9 Å². The largest absolute Gasteiger partial charge is 0.458 e. The van der Waals surface area contributed by atoms with Gasteiger partial charge in [-0.1, -0.05) is 84.1 Å². The highest BCUT2D eigenvalue weighted by Gasteiger charge is 2.45. The van der Waals surface area contributed by atoms with E-state index in [4.69, 9.17) is 18.9 Å². The van der Waals surface area contributed by atoms with Gasteiger partial charge in [-0.2, -0.15) is 0 Å². The van der Waals surface area contributed by atoms with Gasteiger partial charge in [0.05, 0.1) is 10.8 Å². The van der Waals surface area contributed by atoms with Crippen LogP contribution in [-0.2, 0) is 51.3 Å². The van der Waals surface area contributed by atoms with Crippen molar-refractivity contribution < 1.29 is 38.1 Å². The Morgan fingerprint density at radius 3 is 1.37 bits per heavy atom. The van der Waals surface area contributed by atoms with Crippen LogP contribution in [0, 0.1) is 46.4 Å². The first-order valence-corrected chi connectivity index (χ1v) is 17.3. The number of carbonyl (C=O) groups excluding carboxylic acids is 4. The lowest BCUT2D eigenvalue weighted by atomic mass is 9.96. The molecule has 0 radical (unpaired) electrons. The Bertz CT molecular complexity index is 2250. The molecule has 0 saturated heterocycles. The van der Waals surface area contributed by atoms with Crippen molar-refractivity contribution in [3.8, 4) is 35.5 Å². The summed E-state index contributed by atoms with van der Waals surface area (Å²) in [5.74, 6) is 15.4. The summed E-state index contributed by atoms with van der Waals surface area (Å²) in [6, 6.07) is 29.3. The van der Waals surface area contributed by atoms with E-state index >= 15 is 0 Å². The molecule has 0 saturated carbocycles. The van der Waals surface area contributed by atoms with Crippen LogP contribution in [0.4, 0.5) is 0 Å². The van der Waals surface area contributed by atoms with E-state index in [0.717, 1.165) is 22.3 Å². The first-order valence-electron chi connectivity index (χ1n) is 17.3. The van der Waals surface area contributed by atoms with Crippen LogP contribution in [0.25, 0.3) is 0 Å². The van der Waals surface area contributed by atoms with E-state index in [1.165, 1.54) is 0 Å². The van der Waals surface area contributed by atoms with Crippen molar-refractivity contribution in [3.05, 3.63) is 142 Å². The van der Waals surface area contributed by atoms with Gasteiger partial charge in [-0.3, -0.25) is 9.59 Å². The third-order valence-electron chi connectivity index (χ3n) is 7.94. The number of carbonyl (C=O) groups is 4. The molecule has 0 amide bonds. The van der Waals surface area contributed by atoms with Crippen LogP contribution in [0.5, 0.6) is 0 Å². The number of hydrogen-bond donors (Lipinski definition) is 0. The van der Waals surface area contributed by atoms with Gasteiger partial charge >= 0.3 is 23.9 Å². The molecule has 4 aromatic carbocycles. The predicted molar refractivity (Wildman–Crippen MR) is 202 cm³/mol. The molecule has 4 aromatic rings. The van der Waals surface area contributed by atoms with Crippen molar-refractivity contribution in [2.45, 2.75) is 67.0 Å². The molecule has 0 unspecified atom stereocenters. The summed E-state index contributed by atoms with van der Waals surface area (Å²) in [4.78, 5) is 53.7. The summed E-state index contributed by atoms with van der Waals surface area (Å²) in [5, 5.41) is 0. The fourth-order valence-electron chi connectivity index (χ4n) is 4.76. The van der Waals surface area contributed by atoms with E-state index in [1.807, 2.05) is 54.6 Å². The van der Waals surface area contributed by atoms with Gasteiger partial charge in [-0.25, -0.2) is 9.59 Å². The van der Waals surface area contributed by atoms with E-state index in [2.05, 4.69) is 35.5 Å². The van der Waals surface area contributed by atoms with Gasteiger partial charge in [-0.05, 0) is 101 Å². The molecule has 8 nitrogen and oxygen atoms in total. The normalized spacial score (nSPS) is 16.0. The highest BCUT2D eigenvalue weighted by molar-refractivity contribution is 5.90. The molecular formula is C46H40O8. The van der Waals surface area contributed by atoms with Crippen LogP contribution in [-0.4, -0.2) is 36.1 Å². The molecule has 2 aliphatic heterocycles. The van der Waals surface area contributed by atoms with Crippen LogP contribution in [0.3, 0.4) is 0 Å². The lowest BCUT2D eigenvalue weighted by molar-refractivity contribution is -0.198. The van der Waals surface area contributed by atoms with Gasteiger partial charge in [0.2, 0.25) is 12.2 Å². The zero-order valence-corrected chi connectivity index (χ0v) is 31.1. The first kappa shape index (κ1) is 38.7. The molecule has 0 spiro atoms. The summed E-state index contributed by atoms with van der Waals surface area (Å²) in [6.07, 6.45) is -3.93. The maximum absolute atomic E-state index is 13.8. The minimum absolute atomic E-state index is 0.237. The molecule has 0 aliphatic carbocycles. The summed E-state index contributed by atoms with van der Waals surface area (Å²) in [7, 11) is 0. The third kappa shape index (κ3) is 10.5. The van der Waals surface area contributed by atoms with Gasteiger partial charge in [-0.15, -0.1) is 0 Å². The molecule has 0 fully saturated rings. The number of fused-ring (bicyclic) bond motifs is 9. The lowest BCUT2D eigenvalue weighted by Crippen LogP contribution is -2.49. The van der Waals surface area contributed by atoms with Gasteiger partial charge in [0.1, 0.15) is 13.2 Å². The Hall–Kier alpha value is -6.56. The molecule has 54 heavy (non-hydrogen) atoms. The second kappa shape index (κ2) is 16.8. The number of benzene rings is 4. The Labute approximate surface area is 316 Å². The van der Waals surface area contributed by atoms with Crippen molar-refractivity contribution in [1.29, 1.82) is 0 Å². The van der Waals surface area contributed by atoms with Crippen molar-refractivity contribution in [1.82, 2.24) is 0 Å². The van der Waals surface area contributed by atoms with Crippen LogP contribution in [0.1, 0.15) is 86.1 Å². The van der Waals surface area contributed by atoms with E-state index in [-0.39, 0.29) is 13.2 Å². The number of rotatable bonds is 2. The molecule has 2 atom stereocenters. The van der Waals surface area contributed by atoms with Crippen LogP contribution in [0.15, 0.2) is 97.1 Å². The van der Waals surface area contributed by atoms with Crippen LogP contribution < -0.4 is 0 Å². The average molecular weight is 721 g/mol. The fraction of sp³-hybridized carbons (Fsp3) is 0.261. The Kier molecular flexibility index (Phi) is 12.1. The lowest BCUT2D eigenvalue weighted by Gasteiger charge is -2.28. The van der Waals surface area contributed by atoms with E-state index in [0.29, 0.717) is 22.3 Å². The number of ether oxygens (including phenoxy) is 4. The Morgan fingerprint density at radius 2 is 0.926 bits per heavy atom. The van der Waals surface area contributed by atoms with Crippen molar-refractivity contribution in [3.63, 3.8) is 0 Å². The standard InChI is InChI=1S/C46H40O8/c1-45(2,3)43(49)53-39-40(54-44(50)46(4,5)6)42(48)52-30-34-13-11-12-32(28-34)23-25-36-15-8-10-17-38(36)27-26-37-16-9-7-14-35(37)24-22-31-18-20-33(21-19-31)29-51-41(39)47/h7-21,28,39-40H,29-30H2,1-6H3/t39-,40-/m1/s1. The van der Waals surface area contributed by atoms with Crippen LogP contribution >= 0.6 is 0 Å². The van der Waals surface area contributed by atoms with E-state index in [9.17, 15) is 19.2 Å². The molecule has 2 aliphatic rings. The summed E-state index contributed by atoms with van der Waals surface area (Å²) in [6.45, 7) is 9.01. The zero-order chi connectivity index (χ0) is 38.9. The molecule has 8 heteroatoms. The average Bonchev–Trinajstić information content (AvgIpc) is 3.14. The molecule has 0 aromatic heterocycles. The zero-order valence-electron chi connectivity index (χ0n) is 31.1. The fourth-order valence-corrected chi connectivity index (χ4v) is 4.76. The van der Waals surface area contributed by atoms with Gasteiger partial charge in [0.15, 0.2) is 0 Å². The SMILES string of the molecule is CC(C)(C)C(=O)O[C@H]1C(=O)OCc2ccc(cc2)C#Cc2ccccc2C#Cc2ccccc2C#Cc2cccc(c2)COC(=O)[C@@H]1OC(=O)C(C)(C)C.